The topological polar surface area (TPSA) is 91.8 Å². The molecule has 2 aromatic rings. The Bertz CT molecular complexity index is 950. The summed E-state index contributed by atoms with van der Waals surface area (Å²) in [5.74, 6) is -0.642. The fourth-order valence-electron chi connectivity index (χ4n) is 3.97. The molecule has 2 atom stereocenters. The number of amides is 3. The van der Waals surface area contributed by atoms with Crippen LogP contribution in [0.1, 0.15) is 41.0 Å². The quantitative estimate of drug-likeness (QED) is 0.720. The summed E-state index contributed by atoms with van der Waals surface area (Å²) in [4.78, 5) is 46.8. The zero-order chi connectivity index (χ0) is 22.0. The third-order valence-corrected chi connectivity index (χ3v) is 5.91. The molecule has 3 amide bonds. The number of imide groups is 1. The van der Waals surface area contributed by atoms with Crippen molar-refractivity contribution in [2.75, 3.05) is 36.5 Å². The van der Waals surface area contributed by atoms with Crippen molar-refractivity contribution in [3.05, 3.63) is 53.7 Å². The first-order chi connectivity index (χ1) is 15.0. The van der Waals surface area contributed by atoms with Crippen LogP contribution < -0.4 is 10.2 Å². The molecule has 2 aliphatic rings. The number of fused-ring (bicyclic) bond motifs is 1. The van der Waals surface area contributed by atoms with E-state index < -0.39 is 23.8 Å². The average molecular weight is 422 g/mol. The molecule has 8 nitrogen and oxygen atoms in total. The zero-order valence-corrected chi connectivity index (χ0v) is 17.7. The van der Waals surface area contributed by atoms with Crippen LogP contribution in [0.25, 0.3) is 0 Å². The second-order valence-corrected chi connectivity index (χ2v) is 7.85. The normalized spacial score (nSPS) is 18.0. The Morgan fingerprint density at radius 1 is 1.10 bits per heavy atom. The Morgan fingerprint density at radius 3 is 2.29 bits per heavy atom. The van der Waals surface area contributed by atoms with E-state index in [4.69, 9.17) is 4.74 Å². The summed E-state index contributed by atoms with van der Waals surface area (Å²) in [6.07, 6.45) is 2.23. The van der Waals surface area contributed by atoms with Crippen LogP contribution in [-0.4, -0.2) is 60.0 Å². The molecule has 2 aliphatic heterocycles. The van der Waals surface area contributed by atoms with Gasteiger partial charge in [-0.25, -0.2) is 4.98 Å². The molecule has 1 aromatic carbocycles. The largest absolute Gasteiger partial charge is 0.378 e. The monoisotopic (exact) mass is 422 g/mol. The lowest BCUT2D eigenvalue weighted by molar-refractivity contribution is -0.121. The average Bonchev–Trinajstić information content (AvgIpc) is 3.05. The molecule has 1 saturated heterocycles. The number of carbonyl (C=O) groups is 3. The van der Waals surface area contributed by atoms with Crippen LogP contribution in [0, 0.1) is 5.92 Å². The van der Waals surface area contributed by atoms with Crippen LogP contribution in [0.3, 0.4) is 0 Å². The van der Waals surface area contributed by atoms with Crippen molar-refractivity contribution in [1.82, 2.24) is 9.88 Å². The van der Waals surface area contributed by atoms with Gasteiger partial charge in [0.2, 0.25) is 5.91 Å². The second kappa shape index (κ2) is 8.85. The first kappa shape index (κ1) is 21.0. The molecule has 0 aliphatic carbocycles. The van der Waals surface area contributed by atoms with Gasteiger partial charge in [0.25, 0.3) is 11.8 Å². The number of aromatic nitrogens is 1. The third-order valence-electron chi connectivity index (χ3n) is 5.91. The van der Waals surface area contributed by atoms with E-state index in [1.54, 1.807) is 36.5 Å². The highest BCUT2D eigenvalue weighted by molar-refractivity contribution is 6.23. The Hall–Kier alpha value is -3.26. The van der Waals surface area contributed by atoms with Crippen LogP contribution in [0.2, 0.25) is 0 Å². The smallest absolute Gasteiger partial charge is 0.262 e. The van der Waals surface area contributed by atoms with Gasteiger partial charge in [-0.15, -0.1) is 0 Å². The molecule has 31 heavy (non-hydrogen) atoms. The summed E-state index contributed by atoms with van der Waals surface area (Å²) >= 11 is 0. The summed E-state index contributed by atoms with van der Waals surface area (Å²) in [6.45, 7) is 6.67. The highest BCUT2D eigenvalue weighted by atomic mass is 16.5. The summed E-state index contributed by atoms with van der Waals surface area (Å²) in [5, 5.41) is 2.84. The molecule has 3 heterocycles. The van der Waals surface area contributed by atoms with Crippen molar-refractivity contribution in [3.63, 3.8) is 0 Å². The maximum Gasteiger partial charge on any atom is 0.262 e. The molecular weight excluding hydrogens is 396 g/mol. The number of anilines is 2. The van der Waals surface area contributed by atoms with Crippen LogP contribution in [0.5, 0.6) is 0 Å². The first-order valence-corrected chi connectivity index (χ1v) is 10.6. The van der Waals surface area contributed by atoms with Gasteiger partial charge in [-0.2, -0.15) is 0 Å². The SMILES string of the molecule is CC[C@@H](C)[C@@H](C(=O)Nc1ccc(N2CCOCC2)nc1)N1C(=O)c2ccccc2C1=O. The van der Waals surface area contributed by atoms with E-state index in [0.717, 1.165) is 23.8 Å². The molecule has 1 N–H and O–H groups in total. The summed E-state index contributed by atoms with van der Waals surface area (Å²) in [5.41, 5.74) is 1.20. The van der Waals surface area contributed by atoms with Crippen molar-refractivity contribution in [3.8, 4) is 0 Å². The van der Waals surface area contributed by atoms with E-state index in [0.29, 0.717) is 36.4 Å². The van der Waals surface area contributed by atoms with Crippen LogP contribution in [-0.2, 0) is 9.53 Å². The highest BCUT2D eigenvalue weighted by Gasteiger charge is 2.44. The van der Waals surface area contributed by atoms with E-state index in [1.165, 1.54) is 0 Å². The summed E-state index contributed by atoms with van der Waals surface area (Å²) < 4.78 is 5.36. The minimum absolute atomic E-state index is 0.206. The van der Waals surface area contributed by atoms with Gasteiger partial charge in [0.1, 0.15) is 11.9 Å². The van der Waals surface area contributed by atoms with E-state index in [1.807, 2.05) is 19.9 Å². The Kier molecular flexibility index (Phi) is 5.99. The fraction of sp³-hybridized carbons (Fsp3) is 0.391. The van der Waals surface area contributed by atoms with E-state index in [2.05, 4.69) is 15.2 Å². The highest BCUT2D eigenvalue weighted by Crippen LogP contribution is 2.29. The third kappa shape index (κ3) is 4.03. The van der Waals surface area contributed by atoms with Crippen molar-refractivity contribution in [2.45, 2.75) is 26.3 Å². The molecule has 0 saturated carbocycles. The van der Waals surface area contributed by atoms with E-state index in [9.17, 15) is 14.4 Å². The Morgan fingerprint density at radius 2 is 1.74 bits per heavy atom. The number of morpholine rings is 1. The van der Waals surface area contributed by atoms with Gasteiger partial charge in [-0.05, 0) is 30.2 Å². The number of rotatable bonds is 6. The molecule has 0 bridgehead atoms. The van der Waals surface area contributed by atoms with Crippen molar-refractivity contribution in [2.24, 2.45) is 5.92 Å². The van der Waals surface area contributed by atoms with Crippen LogP contribution in [0.15, 0.2) is 42.6 Å². The number of ether oxygens (including phenoxy) is 1. The molecule has 4 rings (SSSR count). The molecule has 1 aromatic heterocycles. The predicted molar refractivity (Wildman–Crippen MR) is 116 cm³/mol. The molecular formula is C23H26N4O4. The minimum Gasteiger partial charge on any atom is -0.378 e. The van der Waals surface area contributed by atoms with Crippen molar-refractivity contribution >= 4 is 29.2 Å². The fourth-order valence-corrected chi connectivity index (χ4v) is 3.97. The predicted octanol–water partition coefficient (Wildman–Crippen LogP) is 2.57. The van der Waals surface area contributed by atoms with Crippen molar-refractivity contribution < 1.29 is 19.1 Å². The lowest BCUT2D eigenvalue weighted by atomic mass is 9.96. The molecule has 0 spiro atoms. The van der Waals surface area contributed by atoms with Crippen LogP contribution in [0.4, 0.5) is 11.5 Å². The number of carbonyl (C=O) groups excluding carboxylic acids is 3. The van der Waals surface area contributed by atoms with Gasteiger partial charge in [0.15, 0.2) is 0 Å². The summed E-state index contributed by atoms with van der Waals surface area (Å²) in [7, 11) is 0. The molecule has 8 heteroatoms. The van der Waals surface area contributed by atoms with Crippen LogP contribution >= 0.6 is 0 Å². The van der Waals surface area contributed by atoms with Gasteiger partial charge < -0.3 is 15.0 Å². The van der Waals surface area contributed by atoms with Gasteiger partial charge in [-0.1, -0.05) is 32.4 Å². The molecule has 0 unspecified atom stereocenters. The van der Waals surface area contributed by atoms with Gasteiger partial charge in [-0.3, -0.25) is 19.3 Å². The van der Waals surface area contributed by atoms with E-state index in [-0.39, 0.29) is 5.92 Å². The van der Waals surface area contributed by atoms with Gasteiger partial charge >= 0.3 is 0 Å². The standard InChI is InChI=1S/C23H26N4O4/c1-3-15(2)20(27-22(29)17-6-4-5-7-18(17)23(27)30)21(28)25-16-8-9-19(24-14-16)26-10-12-31-13-11-26/h4-9,14-15,20H,3,10-13H2,1-2H3,(H,25,28)/t15-,20+/m1/s1. The Balaban J connectivity index is 1.53. The van der Waals surface area contributed by atoms with E-state index >= 15 is 0 Å². The lowest BCUT2D eigenvalue weighted by Crippen LogP contribution is -2.50. The molecule has 0 radical (unpaired) electrons. The number of hydrogen-bond donors (Lipinski definition) is 1. The lowest BCUT2D eigenvalue weighted by Gasteiger charge is -2.30. The summed E-state index contributed by atoms with van der Waals surface area (Å²) in [6, 6.07) is 9.40. The number of pyridine rings is 1. The maximum absolute atomic E-state index is 13.2. The van der Waals surface area contributed by atoms with Crippen molar-refractivity contribution in [1.29, 1.82) is 0 Å². The number of nitrogens with zero attached hydrogens (tertiary/aromatic N) is 3. The minimum atomic E-state index is -0.906. The van der Waals surface area contributed by atoms with Gasteiger partial charge in [0, 0.05) is 13.1 Å². The first-order valence-electron chi connectivity index (χ1n) is 10.6. The second-order valence-electron chi connectivity index (χ2n) is 7.85. The number of benzene rings is 1. The maximum atomic E-state index is 13.2. The number of hydrogen-bond acceptors (Lipinski definition) is 6. The zero-order valence-electron chi connectivity index (χ0n) is 17.7. The van der Waals surface area contributed by atoms with Gasteiger partial charge in [0.05, 0.1) is 36.2 Å². The molecule has 1 fully saturated rings. The number of nitrogens with one attached hydrogen (secondary N) is 1. The Labute approximate surface area is 181 Å². The molecule has 162 valence electrons.